The molecule has 6 heteroatoms. The fourth-order valence-electron chi connectivity index (χ4n) is 3.50. The van der Waals surface area contributed by atoms with E-state index in [2.05, 4.69) is 5.10 Å². The molecule has 0 atom stereocenters. The molecule has 6 nitrogen and oxygen atoms in total. The Kier molecular flexibility index (Phi) is 4.94. The topological polar surface area (TPSA) is 74.1 Å². The summed E-state index contributed by atoms with van der Waals surface area (Å²) < 4.78 is 7.24. The highest BCUT2D eigenvalue weighted by atomic mass is 16.5. The molecule has 1 fully saturated rings. The third-order valence-corrected chi connectivity index (χ3v) is 5.32. The summed E-state index contributed by atoms with van der Waals surface area (Å²) in [6, 6.07) is 7.62. The zero-order chi connectivity index (χ0) is 20.7. The van der Waals surface area contributed by atoms with E-state index in [1.807, 2.05) is 50.6 Å². The monoisotopic (exact) mass is 391 g/mol. The number of aryl methyl sites for hydroxylation is 2. The maximum Gasteiger partial charge on any atom is 0.339 e. The van der Waals surface area contributed by atoms with Crippen LogP contribution in [0.25, 0.3) is 11.0 Å². The minimum absolute atomic E-state index is 0.129. The van der Waals surface area contributed by atoms with Crippen LogP contribution in [0.1, 0.15) is 76.2 Å². The largest absolute Gasteiger partial charge is 0.454 e. The number of ether oxygens (including phenoxy) is 1. The van der Waals surface area contributed by atoms with Crippen molar-refractivity contribution < 1.29 is 14.3 Å². The molecule has 0 radical (unpaired) electrons. The fraction of sp³-hybridized carbons (Fsp3) is 0.391. The molecule has 1 aromatic carbocycles. The van der Waals surface area contributed by atoms with Gasteiger partial charge in [-0.3, -0.25) is 4.79 Å². The van der Waals surface area contributed by atoms with E-state index in [-0.39, 0.29) is 18.4 Å². The number of esters is 1. The Labute approximate surface area is 169 Å². The average Bonchev–Trinajstić information content (AvgIpc) is 3.45. The van der Waals surface area contributed by atoms with Crippen molar-refractivity contribution >= 4 is 22.8 Å². The van der Waals surface area contributed by atoms with Gasteiger partial charge in [0.15, 0.2) is 12.3 Å². The standard InChI is InChI=1S/C23H25N3O3/c1-13(2)26-22-19(11-24-26)18(10-20(25-22)16-7-8-16)23(28)29-12-21(27)17-9-14(3)5-6-15(17)4/h5-6,9-11,13,16H,7-8,12H2,1-4H3. The van der Waals surface area contributed by atoms with E-state index in [1.54, 1.807) is 12.3 Å². The lowest BCUT2D eigenvalue weighted by atomic mass is 10.0. The highest BCUT2D eigenvalue weighted by Gasteiger charge is 2.28. The van der Waals surface area contributed by atoms with Gasteiger partial charge in [-0.2, -0.15) is 5.10 Å². The maximum atomic E-state index is 12.9. The van der Waals surface area contributed by atoms with Gasteiger partial charge in [0.1, 0.15) is 0 Å². The van der Waals surface area contributed by atoms with E-state index < -0.39 is 5.97 Å². The molecule has 0 aliphatic heterocycles. The van der Waals surface area contributed by atoms with Crippen LogP contribution in [0.2, 0.25) is 0 Å². The smallest absolute Gasteiger partial charge is 0.339 e. The zero-order valence-corrected chi connectivity index (χ0v) is 17.2. The number of nitrogens with zero attached hydrogens (tertiary/aromatic N) is 3. The Morgan fingerprint density at radius 2 is 1.93 bits per heavy atom. The maximum absolute atomic E-state index is 12.9. The molecule has 4 rings (SSSR count). The summed E-state index contributed by atoms with van der Waals surface area (Å²) in [6.45, 7) is 7.58. The van der Waals surface area contributed by atoms with Gasteiger partial charge in [0.25, 0.3) is 0 Å². The van der Waals surface area contributed by atoms with E-state index in [9.17, 15) is 9.59 Å². The molecule has 0 amide bonds. The molecule has 1 saturated carbocycles. The van der Waals surface area contributed by atoms with Crippen LogP contribution in [-0.2, 0) is 4.74 Å². The Morgan fingerprint density at radius 3 is 2.62 bits per heavy atom. The minimum atomic E-state index is -0.513. The molecule has 2 aromatic heterocycles. The van der Waals surface area contributed by atoms with Gasteiger partial charge in [-0.25, -0.2) is 14.5 Å². The predicted octanol–water partition coefficient (Wildman–Crippen LogP) is 4.55. The van der Waals surface area contributed by atoms with Crippen molar-refractivity contribution in [1.82, 2.24) is 14.8 Å². The zero-order valence-electron chi connectivity index (χ0n) is 17.2. The molecule has 29 heavy (non-hydrogen) atoms. The Balaban J connectivity index is 1.61. The Hall–Kier alpha value is -3.02. The minimum Gasteiger partial charge on any atom is -0.454 e. The van der Waals surface area contributed by atoms with E-state index >= 15 is 0 Å². The summed E-state index contributed by atoms with van der Waals surface area (Å²) in [6.07, 6.45) is 3.81. The van der Waals surface area contributed by atoms with Crippen LogP contribution in [-0.4, -0.2) is 33.1 Å². The van der Waals surface area contributed by atoms with Crippen molar-refractivity contribution in [3.8, 4) is 0 Å². The van der Waals surface area contributed by atoms with Gasteiger partial charge >= 0.3 is 5.97 Å². The number of pyridine rings is 1. The molecule has 0 saturated heterocycles. The van der Waals surface area contributed by atoms with Crippen molar-refractivity contribution in [2.24, 2.45) is 0 Å². The first kappa shape index (κ1) is 19.3. The number of hydrogen-bond donors (Lipinski definition) is 0. The van der Waals surface area contributed by atoms with Crippen LogP contribution in [0.4, 0.5) is 0 Å². The summed E-state index contributed by atoms with van der Waals surface area (Å²) in [7, 11) is 0. The van der Waals surface area contributed by atoms with Gasteiger partial charge < -0.3 is 4.74 Å². The Bertz CT molecular complexity index is 1110. The molecular weight excluding hydrogens is 366 g/mol. The third kappa shape index (κ3) is 3.79. The SMILES string of the molecule is Cc1ccc(C)c(C(=O)COC(=O)c2cc(C3CC3)nc3c2cnn3C(C)C)c1. The van der Waals surface area contributed by atoms with Crippen LogP contribution >= 0.6 is 0 Å². The van der Waals surface area contributed by atoms with E-state index in [0.717, 1.165) is 29.7 Å². The van der Waals surface area contributed by atoms with Crippen LogP contribution in [0.3, 0.4) is 0 Å². The van der Waals surface area contributed by atoms with Gasteiger partial charge in [0, 0.05) is 23.2 Å². The van der Waals surface area contributed by atoms with Crippen molar-refractivity contribution in [3.63, 3.8) is 0 Å². The molecule has 0 N–H and O–H groups in total. The first-order chi connectivity index (χ1) is 13.8. The predicted molar refractivity (Wildman–Crippen MR) is 110 cm³/mol. The molecule has 1 aliphatic carbocycles. The third-order valence-electron chi connectivity index (χ3n) is 5.32. The van der Waals surface area contributed by atoms with Gasteiger partial charge in [0.2, 0.25) is 5.78 Å². The number of rotatable bonds is 6. The van der Waals surface area contributed by atoms with Crippen LogP contribution in [0, 0.1) is 13.8 Å². The van der Waals surface area contributed by atoms with Gasteiger partial charge in [0.05, 0.1) is 17.1 Å². The second kappa shape index (κ2) is 7.43. The number of aromatic nitrogens is 3. The van der Waals surface area contributed by atoms with Crippen LogP contribution in [0.15, 0.2) is 30.5 Å². The lowest BCUT2D eigenvalue weighted by Crippen LogP contribution is -2.16. The number of carbonyl (C=O) groups is 2. The molecule has 0 unspecified atom stereocenters. The number of benzene rings is 1. The van der Waals surface area contributed by atoms with Gasteiger partial charge in [-0.15, -0.1) is 0 Å². The summed E-state index contributed by atoms with van der Waals surface area (Å²) in [5.74, 6) is -0.329. The number of fused-ring (bicyclic) bond motifs is 1. The van der Waals surface area contributed by atoms with Crippen molar-refractivity contribution in [2.45, 2.75) is 52.5 Å². The normalized spacial score (nSPS) is 13.8. The fourth-order valence-corrected chi connectivity index (χ4v) is 3.50. The summed E-state index contributed by atoms with van der Waals surface area (Å²) >= 11 is 0. The van der Waals surface area contributed by atoms with E-state index in [0.29, 0.717) is 28.1 Å². The van der Waals surface area contributed by atoms with E-state index in [1.165, 1.54) is 0 Å². The lowest BCUT2D eigenvalue weighted by Gasteiger charge is -2.11. The molecule has 1 aliphatic rings. The van der Waals surface area contributed by atoms with Gasteiger partial charge in [-0.1, -0.05) is 17.7 Å². The molecule has 0 bridgehead atoms. The molecule has 3 aromatic rings. The summed E-state index contributed by atoms with van der Waals surface area (Å²) in [5, 5.41) is 5.06. The molecule has 0 spiro atoms. The average molecular weight is 391 g/mol. The van der Waals surface area contributed by atoms with Gasteiger partial charge in [-0.05, 0) is 58.2 Å². The van der Waals surface area contributed by atoms with Crippen LogP contribution < -0.4 is 0 Å². The molecule has 150 valence electrons. The first-order valence-electron chi connectivity index (χ1n) is 10.0. The van der Waals surface area contributed by atoms with Crippen molar-refractivity contribution in [2.75, 3.05) is 6.61 Å². The quantitative estimate of drug-likeness (QED) is 0.455. The number of ketones is 1. The lowest BCUT2D eigenvalue weighted by molar-refractivity contribution is 0.0476. The van der Waals surface area contributed by atoms with E-state index in [4.69, 9.17) is 9.72 Å². The highest BCUT2D eigenvalue weighted by molar-refractivity contribution is 6.05. The molecular formula is C23H25N3O3. The second-order valence-corrected chi connectivity index (χ2v) is 8.11. The van der Waals surface area contributed by atoms with Crippen LogP contribution in [0.5, 0.6) is 0 Å². The molecule has 2 heterocycles. The summed E-state index contributed by atoms with van der Waals surface area (Å²) in [5.41, 5.74) is 4.47. The first-order valence-corrected chi connectivity index (χ1v) is 10.0. The number of Topliss-reactive ketones (excluding diaryl/α,β-unsaturated/α-hetero) is 1. The number of hydrogen-bond acceptors (Lipinski definition) is 5. The second-order valence-electron chi connectivity index (χ2n) is 8.11. The Morgan fingerprint density at radius 1 is 1.17 bits per heavy atom. The number of carbonyl (C=O) groups excluding carboxylic acids is 2. The van der Waals surface area contributed by atoms with Crippen molar-refractivity contribution in [1.29, 1.82) is 0 Å². The van der Waals surface area contributed by atoms with Crippen molar-refractivity contribution in [3.05, 3.63) is 58.4 Å². The highest BCUT2D eigenvalue weighted by Crippen LogP contribution is 2.40. The summed E-state index contributed by atoms with van der Waals surface area (Å²) in [4.78, 5) is 30.2.